The van der Waals surface area contributed by atoms with Gasteiger partial charge in [-0.05, 0) is 19.1 Å². The van der Waals surface area contributed by atoms with Gasteiger partial charge < -0.3 is 9.73 Å². The predicted octanol–water partition coefficient (Wildman–Crippen LogP) is 0.381. The summed E-state index contributed by atoms with van der Waals surface area (Å²) in [4.78, 5) is 13.6. The van der Waals surface area contributed by atoms with Crippen molar-refractivity contribution >= 4 is 15.9 Å². The van der Waals surface area contributed by atoms with E-state index in [-0.39, 0.29) is 18.5 Å². The quantitative estimate of drug-likeness (QED) is 0.844. The van der Waals surface area contributed by atoms with Gasteiger partial charge in [-0.25, -0.2) is 8.42 Å². The summed E-state index contributed by atoms with van der Waals surface area (Å²) in [6.45, 7) is 4.20. The van der Waals surface area contributed by atoms with E-state index in [9.17, 15) is 13.2 Å². The maximum Gasteiger partial charge on any atom is 0.221 e. The average Bonchev–Trinajstić information content (AvgIpc) is 2.80. The van der Waals surface area contributed by atoms with Crippen LogP contribution in [0.3, 0.4) is 0 Å². The van der Waals surface area contributed by atoms with E-state index in [1.807, 2.05) is 6.07 Å². The number of amides is 1. The summed E-state index contributed by atoms with van der Waals surface area (Å²) in [7, 11) is -1.70. The van der Waals surface area contributed by atoms with Crippen LogP contribution in [-0.4, -0.2) is 56.0 Å². The molecule has 0 saturated carbocycles. The van der Waals surface area contributed by atoms with E-state index >= 15 is 0 Å². The highest BCUT2D eigenvalue weighted by Crippen LogP contribution is 2.16. The van der Waals surface area contributed by atoms with Crippen LogP contribution in [0, 0.1) is 0 Å². The van der Waals surface area contributed by atoms with E-state index < -0.39 is 10.0 Å². The first-order valence-corrected chi connectivity index (χ1v) is 9.10. The van der Waals surface area contributed by atoms with E-state index in [1.165, 1.54) is 17.6 Å². The Kier molecular flexibility index (Phi) is 5.25. The molecule has 1 fully saturated rings. The van der Waals surface area contributed by atoms with Gasteiger partial charge in [0.25, 0.3) is 0 Å². The second kappa shape index (κ2) is 6.80. The van der Waals surface area contributed by atoms with Crippen molar-refractivity contribution in [3.63, 3.8) is 0 Å². The summed E-state index contributed by atoms with van der Waals surface area (Å²) in [6.07, 6.45) is 1.65. The van der Waals surface area contributed by atoms with Gasteiger partial charge >= 0.3 is 0 Å². The number of nitrogens with zero attached hydrogens (tertiary/aromatic N) is 2. The van der Waals surface area contributed by atoms with Gasteiger partial charge in [-0.15, -0.1) is 0 Å². The predicted molar refractivity (Wildman–Crippen MR) is 82.5 cm³/mol. The zero-order valence-electron chi connectivity index (χ0n) is 13.2. The summed E-state index contributed by atoms with van der Waals surface area (Å²) >= 11 is 0. The van der Waals surface area contributed by atoms with Gasteiger partial charge in [0, 0.05) is 32.6 Å². The minimum absolute atomic E-state index is 0.0734. The monoisotopic (exact) mass is 329 g/mol. The highest BCUT2D eigenvalue weighted by molar-refractivity contribution is 7.88. The van der Waals surface area contributed by atoms with Crippen LogP contribution in [0.4, 0.5) is 0 Å². The molecule has 0 aliphatic carbocycles. The molecule has 1 aliphatic rings. The lowest BCUT2D eigenvalue weighted by atomic mass is 10.2. The first-order chi connectivity index (χ1) is 10.3. The Morgan fingerprint density at radius 2 is 2.09 bits per heavy atom. The molecule has 0 unspecified atom stereocenters. The van der Waals surface area contributed by atoms with Crippen molar-refractivity contribution in [3.05, 3.63) is 23.7 Å². The molecule has 1 N–H and O–H groups in total. The van der Waals surface area contributed by atoms with Crippen molar-refractivity contribution in [1.82, 2.24) is 14.5 Å². The topological polar surface area (TPSA) is 82.9 Å². The van der Waals surface area contributed by atoms with Crippen LogP contribution in [0.25, 0.3) is 0 Å². The molecule has 2 rings (SSSR count). The van der Waals surface area contributed by atoms with Crippen LogP contribution in [0.5, 0.6) is 0 Å². The molecule has 1 saturated heterocycles. The molecule has 0 bridgehead atoms. The Morgan fingerprint density at radius 1 is 1.41 bits per heavy atom. The summed E-state index contributed by atoms with van der Waals surface area (Å²) in [5.74, 6) is 1.46. The molecular formula is C14H23N3O4S. The molecule has 1 amide bonds. The number of hydrogen-bond donors (Lipinski definition) is 1. The molecule has 1 aliphatic heterocycles. The Bertz CT molecular complexity index is 626. The van der Waals surface area contributed by atoms with Gasteiger partial charge in [0.2, 0.25) is 15.9 Å². The first kappa shape index (κ1) is 17.0. The van der Waals surface area contributed by atoms with E-state index in [0.717, 1.165) is 5.76 Å². The number of sulfonamides is 1. The largest absolute Gasteiger partial charge is 0.463 e. The number of carbonyl (C=O) groups is 1. The van der Waals surface area contributed by atoms with E-state index in [0.29, 0.717) is 31.8 Å². The molecule has 124 valence electrons. The van der Waals surface area contributed by atoms with Crippen LogP contribution >= 0.6 is 0 Å². The van der Waals surface area contributed by atoms with Gasteiger partial charge in [-0.3, -0.25) is 9.69 Å². The highest BCUT2D eigenvalue weighted by atomic mass is 32.2. The third-order valence-corrected chi connectivity index (χ3v) is 5.13. The highest BCUT2D eigenvalue weighted by Gasteiger charge is 2.21. The Hall–Kier alpha value is -1.38. The normalized spacial score (nSPS) is 20.9. The van der Waals surface area contributed by atoms with Crippen molar-refractivity contribution in [2.45, 2.75) is 32.5 Å². The van der Waals surface area contributed by atoms with Crippen LogP contribution in [0.15, 0.2) is 16.5 Å². The van der Waals surface area contributed by atoms with Gasteiger partial charge in [0.05, 0.1) is 19.3 Å². The number of carbonyl (C=O) groups excluding carboxylic acids is 1. The Morgan fingerprint density at radius 3 is 2.77 bits per heavy atom. The maximum absolute atomic E-state index is 11.4. The minimum Gasteiger partial charge on any atom is -0.463 e. The van der Waals surface area contributed by atoms with Gasteiger partial charge in [0.15, 0.2) is 0 Å². The Balaban J connectivity index is 1.98. The first-order valence-electron chi connectivity index (χ1n) is 7.25. The van der Waals surface area contributed by atoms with Crippen molar-refractivity contribution in [1.29, 1.82) is 0 Å². The molecule has 8 heteroatoms. The Labute approximate surface area is 131 Å². The molecule has 1 aromatic rings. The smallest absolute Gasteiger partial charge is 0.221 e. The number of furan rings is 1. The summed E-state index contributed by atoms with van der Waals surface area (Å²) in [6, 6.07) is 3.89. The molecule has 2 heterocycles. The van der Waals surface area contributed by atoms with E-state index in [4.69, 9.17) is 4.42 Å². The summed E-state index contributed by atoms with van der Waals surface area (Å²) in [5.41, 5.74) is 0. The third kappa shape index (κ3) is 4.56. The summed E-state index contributed by atoms with van der Waals surface area (Å²) < 4.78 is 29.8. The number of nitrogens with one attached hydrogen (secondary N) is 1. The second-order valence-corrected chi connectivity index (χ2v) is 7.85. The molecular weight excluding hydrogens is 306 g/mol. The number of rotatable bonds is 5. The van der Waals surface area contributed by atoms with Gasteiger partial charge in [-0.2, -0.15) is 4.31 Å². The molecule has 0 spiro atoms. The van der Waals surface area contributed by atoms with Gasteiger partial charge in [0.1, 0.15) is 11.5 Å². The maximum atomic E-state index is 11.4. The molecule has 7 nitrogen and oxygen atoms in total. The fraction of sp³-hybridized carbons (Fsp3) is 0.643. The lowest BCUT2D eigenvalue weighted by molar-refractivity contribution is -0.120. The second-order valence-electron chi connectivity index (χ2n) is 5.76. The lowest BCUT2D eigenvalue weighted by Gasteiger charge is -2.24. The van der Waals surface area contributed by atoms with Crippen LogP contribution in [0.2, 0.25) is 0 Å². The fourth-order valence-electron chi connectivity index (χ4n) is 2.31. The lowest BCUT2D eigenvalue weighted by Crippen LogP contribution is -2.37. The minimum atomic E-state index is -3.22. The zero-order chi connectivity index (χ0) is 16.3. The van der Waals surface area contributed by atoms with Crippen LogP contribution in [0.1, 0.15) is 24.9 Å². The van der Waals surface area contributed by atoms with E-state index in [1.54, 1.807) is 6.07 Å². The molecule has 22 heavy (non-hydrogen) atoms. The zero-order valence-corrected chi connectivity index (χ0v) is 14.0. The van der Waals surface area contributed by atoms with Gasteiger partial charge in [-0.1, -0.05) is 0 Å². The van der Waals surface area contributed by atoms with E-state index in [2.05, 4.69) is 17.1 Å². The number of hydrogen-bond acceptors (Lipinski definition) is 5. The third-order valence-electron chi connectivity index (χ3n) is 3.86. The fourth-order valence-corrected chi connectivity index (χ4v) is 2.67. The standard InChI is InChI=1S/C14H23N3O4S/c1-11-8-15-14(18)6-7-17(11)10-13-5-4-12(21-13)9-16(2)22(3,19)20/h4-5,11H,6-10H2,1-3H3,(H,15,18)/t11-/m1/s1. The molecule has 1 atom stereocenters. The summed E-state index contributed by atoms with van der Waals surface area (Å²) in [5, 5.41) is 2.87. The van der Waals surface area contributed by atoms with Crippen molar-refractivity contribution in [2.24, 2.45) is 0 Å². The average molecular weight is 329 g/mol. The molecule has 1 aromatic heterocycles. The van der Waals surface area contributed by atoms with Crippen molar-refractivity contribution in [3.8, 4) is 0 Å². The molecule has 0 aromatic carbocycles. The van der Waals surface area contributed by atoms with Crippen LogP contribution < -0.4 is 5.32 Å². The van der Waals surface area contributed by atoms with Crippen molar-refractivity contribution in [2.75, 3.05) is 26.4 Å². The van der Waals surface area contributed by atoms with Crippen LogP contribution in [-0.2, 0) is 27.9 Å². The van der Waals surface area contributed by atoms with Crippen molar-refractivity contribution < 1.29 is 17.6 Å². The molecule has 0 radical (unpaired) electrons. The SMILES string of the molecule is C[C@@H]1CNC(=O)CCN1Cc1ccc(CN(C)S(C)(=O)=O)o1.